The van der Waals surface area contributed by atoms with E-state index in [1.54, 1.807) is 31.3 Å². The molecule has 0 spiro atoms. The van der Waals surface area contributed by atoms with Crippen LogP contribution in [0.15, 0.2) is 30.5 Å². The lowest BCUT2D eigenvalue weighted by Gasteiger charge is -2.09. The van der Waals surface area contributed by atoms with E-state index in [0.717, 1.165) is 16.9 Å². The van der Waals surface area contributed by atoms with E-state index in [2.05, 4.69) is 19.9 Å². The van der Waals surface area contributed by atoms with Gasteiger partial charge in [0, 0.05) is 11.6 Å². The van der Waals surface area contributed by atoms with E-state index in [0.29, 0.717) is 27.5 Å². The molecule has 0 aliphatic heterocycles. The molecule has 1 aromatic carbocycles. The number of nitrogen functional groups attached to an aromatic ring is 1. The lowest BCUT2D eigenvalue weighted by molar-refractivity contribution is 0.103. The number of carbonyl (C=O) groups is 1. The second-order valence-corrected chi connectivity index (χ2v) is 5.00. The van der Waals surface area contributed by atoms with E-state index in [4.69, 9.17) is 5.73 Å². The van der Waals surface area contributed by atoms with E-state index in [-0.39, 0.29) is 5.91 Å². The summed E-state index contributed by atoms with van der Waals surface area (Å²) in [5.74, 6) is -0.229. The first-order valence-electron chi connectivity index (χ1n) is 5.90. The molecule has 100 valence electrons. The predicted octanol–water partition coefficient (Wildman–Crippen LogP) is 2.23. The summed E-state index contributed by atoms with van der Waals surface area (Å²) in [5, 5.41) is 7.48. The summed E-state index contributed by atoms with van der Waals surface area (Å²) in [4.78, 5) is 16.9. The number of benzene rings is 1. The van der Waals surface area contributed by atoms with Crippen LogP contribution in [0.25, 0.3) is 10.9 Å². The van der Waals surface area contributed by atoms with Crippen molar-refractivity contribution >= 4 is 39.7 Å². The van der Waals surface area contributed by atoms with Gasteiger partial charge in [0.15, 0.2) is 0 Å². The first kappa shape index (κ1) is 12.5. The van der Waals surface area contributed by atoms with Crippen molar-refractivity contribution in [3.8, 4) is 0 Å². The molecule has 0 aliphatic carbocycles. The van der Waals surface area contributed by atoms with Crippen LogP contribution in [0.1, 0.15) is 15.4 Å². The fourth-order valence-corrected chi connectivity index (χ4v) is 2.47. The molecule has 0 aliphatic rings. The Morgan fingerprint density at radius 2 is 2.20 bits per heavy atom. The van der Waals surface area contributed by atoms with Crippen LogP contribution < -0.4 is 11.1 Å². The average molecular weight is 285 g/mol. The number of aryl methyl sites for hydroxylation is 1. The van der Waals surface area contributed by atoms with Crippen molar-refractivity contribution in [3.63, 3.8) is 0 Å². The highest BCUT2D eigenvalue weighted by atomic mass is 32.1. The summed E-state index contributed by atoms with van der Waals surface area (Å²) in [6.07, 6.45) is 1.67. The van der Waals surface area contributed by atoms with Gasteiger partial charge in [-0.1, -0.05) is 4.49 Å². The lowest BCUT2D eigenvalue weighted by Crippen LogP contribution is -2.12. The number of aromatic nitrogens is 3. The molecule has 20 heavy (non-hydrogen) atoms. The minimum atomic E-state index is -0.229. The summed E-state index contributed by atoms with van der Waals surface area (Å²) >= 11 is 1.07. The number of amides is 1. The largest absolute Gasteiger partial charge is 0.397 e. The third kappa shape index (κ3) is 2.08. The number of nitrogens with two attached hydrogens (primary N) is 1. The number of hydrogen-bond donors (Lipinski definition) is 2. The molecule has 3 aromatic rings. The molecule has 3 N–H and O–H groups in total. The van der Waals surface area contributed by atoms with Crippen LogP contribution in [0.2, 0.25) is 0 Å². The standard InChI is InChI=1S/C13H11N5OS/c1-7-12(20-18-17-7)13(19)16-10-5-4-9(14)11-8(10)3-2-6-15-11/h2-6H,14H2,1H3,(H,16,19). The van der Waals surface area contributed by atoms with Gasteiger partial charge in [-0.25, -0.2) is 0 Å². The molecule has 0 unspecified atom stereocenters. The van der Waals surface area contributed by atoms with Crippen molar-refractivity contribution in [2.75, 3.05) is 11.1 Å². The zero-order chi connectivity index (χ0) is 14.1. The Morgan fingerprint density at radius 3 is 2.95 bits per heavy atom. The molecule has 1 amide bonds. The van der Waals surface area contributed by atoms with E-state index >= 15 is 0 Å². The molecule has 0 bridgehead atoms. The maximum Gasteiger partial charge on any atom is 0.269 e. The van der Waals surface area contributed by atoms with Gasteiger partial charge in [-0.05, 0) is 42.7 Å². The Bertz CT molecular complexity index is 798. The van der Waals surface area contributed by atoms with Gasteiger partial charge in [-0.2, -0.15) is 0 Å². The second-order valence-electron chi connectivity index (χ2n) is 4.24. The van der Waals surface area contributed by atoms with Crippen molar-refractivity contribution < 1.29 is 4.79 Å². The van der Waals surface area contributed by atoms with Crippen LogP contribution in [-0.2, 0) is 0 Å². The van der Waals surface area contributed by atoms with Gasteiger partial charge >= 0.3 is 0 Å². The summed E-state index contributed by atoms with van der Waals surface area (Å²) in [6, 6.07) is 7.16. The average Bonchev–Trinajstić information content (AvgIpc) is 2.88. The SMILES string of the molecule is Cc1nnsc1C(=O)Nc1ccc(N)c2ncccc12. The van der Waals surface area contributed by atoms with Gasteiger partial charge in [0.1, 0.15) is 4.88 Å². The third-order valence-corrected chi connectivity index (χ3v) is 3.73. The molecule has 2 heterocycles. The minimum absolute atomic E-state index is 0.229. The van der Waals surface area contributed by atoms with Crippen LogP contribution in [-0.4, -0.2) is 20.5 Å². The zero-order valence-electron chi connectivity index (χ0n) is 10.6. The third-order valence-electron chi connectivity index (χ3n) is 2.91. The molecule has 6 nitrogen and oxygen atoms in total. The van der Waals surface area contributed by atoms with E-state index in [1.807, 2.05) is 6.07 Å². The molecule has 3 rings (SSSR count). The monoisotopic (exact) mass is 285 g/mol. The van der Waals surface area contributed by atoms with Crippen LogP contribution in [0.3, 0.4) is 0 Å². The van der Waals surface area contributed by atoms with Gasteiger partial charge < -0.3 is 11.1 Å². The van der Waals surface area contributed by atoms with Crippen LogP contribution >= 0.6 is 11.5 Å². The number of nitrogens with zero attached hydrogens (tertiary/aromatic N) is 3. The summed E-state index contributed by atoms with van der Waals surface area (Å²) < 4.78 is 3.76. The maximum absolute atomic E-state index is 12.2. The topological polar surface area (TPSA) is 93.8 Å². The van der Waals surface area contributed by atoms with E-state index < -0.39 is 0 Å². The summed E-state index contributed by atoms with van der Waals surface area (Å²) in [6.45, 7) is 1.75. The number of nitrogens with one attached hydrogen (secondary N) is 1. The highest BCUT2D eigenvalue weighted by Gasteiger charge is 2.15. The molecule has 0 saturated carbocycles. The Kier molecular flexibility index (Phi) is 3.03. The Balaban J connectivity index is 2.02. The number of pyridine rings is 1. The first-order valence-corrected chi connectivity index (χ1v) is 6.67. The van der Waals surface area contributed by atoms with E-state index in [1.165, 1.54) is 0 Å². The Hall–Kier alpha value is -2.54. The summed E-state index contributed by atoms with van der Waals surface area (Å²) in [5.41, 5.74) is 8.41. The van der Waals surface area contributed by atoms with Crippen LogP contribution in [0, 0.1) is 6.92 Å². The molecule has 2 aromatic heterocycles. The molecule has 0 fully saturated rings. The fraction of sp³-hybridized carbons (Fsp3) is 0.0769. The highest BCUT2D eigenvalue weighted by molar-refractivity contribution is 7.08. The number of fused-ring (bicyclic) bond motifs is 1. The lowest BCUT2D eigenvalue weighted by atomic mass is 10.1. The number of rotatable bonds is 2. The number of hydrogen-bond acceptors (Lipinski definition) is 6. The smallest absolute Gasteiger partial charge is 0.269 e. The van der Waals surface area contributed by atoms with Crippen molar-refractivity contribution in [3.05, 3.63) is 41.0 Å². The fourth-order valence-electron chi connectivity index (χ4n) is 1.92. The van der Waals surface area contributed by atoms with E-state index in [9.17, 15) is 4.79 Å². The zero-order valence-corrected chi connectivity index (χ0v) is 11.4. The van der Waals surface area contributed by atoms with Crippen molar-refractivity contribution in [1.29, 1.82) is 0 Å². The quantitative estimate of drug-likeness (QED) is 0.704. The number of carbonyl (C=O) groups excluding carboxylic acids is 1. The van der Waals surface area contributed by atoms with Gasteiger partial charge in [0.2, 0.25) is 0 Å². The van der Waals surface area contributed by atoms with Gasteiger partial charge in [-0.3, -0.25) is 9.78 Å². The molecule has 0 saturated heterocycles. The summed E-state index contributed by atoms with van der Waals surface area (Å²) in [7, 11) is 0. The Morgan fingerprint density at radius 1 is 1.35 bits per heavy atom. The molecule has 0 atom stereocenters. The van der Waals surface area contributed by atoms with Crippen molar-refractivity contribution in [2.45, 2.75) is 6.92 Å². The van der Waals surface area contributed by atoms with Crippen LogP contribution in [0.4, 0.5) is 11.4 Å². The maximum atomic E-state index is 12.2. The molecular weight excluding hydrogens is 274 g/mol. The minimum Gasteiger partial charge on any atom is -0.397 e. The molecular formula is C13H11N5OS. The molecule has 0 radical (unpaired) electrons. The van der Waals surface area contributed by atoms with Crippen molar-refractivity contribution in [1.82, 2.24) is 14.6 Å². The van der Waals surface area contributed by atoms with Crippen LogP contribution in [0.5, 0.6) is 0 Å². The van der Waals surface area contributed by atoms with Gasteiger partial charge in [-0.15, -0.1) is 5.10 Å². The van der Waals surface area contributed by atoms with Gasteiger partial charge in [0.25, 0.3) is 5.91 Å². The normalized spacial score (nSPS) is 10.7. The number of anilines is 2. The van der Waals surface area contributed by atoms with Gasteiger partial charge in [0.05, 0.1) is 22.6 Å². The molecule has 7 heteroatoms. The predicted molar refractivity (Wildman–Crippen MR) is 78.8 cm³/mol. The highest BCUT2D eigenvalue weighted by Crippen LogP contribution is 2.27. The second kappa shape index (κ2) is 4.86. The van der Waals surface area contributed by atoms with Crippen molar-refractivity contribution in [2.24, 2.45) is 0 Å². The Labute approximate surface area is 118 Å². The first-order chi connectivity index (χ1) is 9.66.